The van der Waals surface area contributed by atoms with Gasteiger partial charge in [-0.2, -0.15) is 0 Å². The minimum Gasteiger partial charge on any atom is -0.480 e. The third kappa shape index (κ3) is 6.13. The number of hydrogen-bond donors (Lipinski definition) is 2. The fraction of sp³-hybridized carbons (Fsp3) is 0.619. The van der Waals surface area contributed by atoms with E-state index < -0.39 is 12.0 Å². The van der Waals surface area contributed by atoms with E-state index in [9.17, 15) is 14.7 Å². The van der Waals surface area contributed by atoms with Crippen molar-refractivity contribution in [2.45, 2.75) is 58.6 Å². The van der Waals surface area contributed by atoms with Gasteiger partial charge in [0.15, 0.2) is 0 Å². The van der Waals surface area contributed by atoms with Crippen molar-refractivity contribution in [2.75, 3.05) is 6.61 Å². The van der Waals surface area contributed by atoms with Crippen LogP contribution in [0.15, 0.2) is 30.3 Å². The van der Waals surface area contributed by atoms with Crippen LogP contribution >= 0.6 is 0 Å². The maximum absolute atomic E-state index is 12.2. The van der Waals surface area contributed by atoms with Gasteiger partial charge in [-0.3, -0.25) is 4.79 Å². The van der Waals surface area contributed by atoms with Crippen molar-refractivity contribution in [3.05, 3.63) is 35.9 Å². The molecule has 0 spiro atoms. The molecule has 1 aromatic rings. The molecule has 2 N–H and O–H groups in total. The highest BCUT2D eigenvalue weighted by Crippen LogP contribution is 2.35. The van der Waals surface area contributed by atoms with Gasteiger partial charge in [-0.05, 0) is 36.2 Å². The molecule has 1 amide bonds. The quantitative estimate of drug-likeness (QED) is 0.745. The van der Waals surface area contributed by atoms with Crippen molar-refractivity contribution in [2.24, 2.45) is 17.8 Å². The number of carboxylic acid groups (broad SMARTS) is 1. The normalized spacial score (nSPS) is 24.2. The number of nitrogens with one attached hydrogen (secondary N) is 1. The number of benzene rings is 1. The zero-order valence-corrected chi connectivity index (χ0v) is 16.0. The molecule has 1 aliphatic carbocycles. The Bertz CT molecular complexity index is 587. The van der Waals surface area contributed by atoms with Crippen LogP contribution in [0.1, 0.15) is 45.6 Å². The second kappa shape index (κ2) is 9.72. The van der Waals surface area contributed by atoms with E-state index in [0.29, 0.717) is 17.8 Å². The number of carbonyl (C=O) groups excluding carboxylic acids is 1. The van der Waals surface area contributed by atoms with Crippen molar-refractivity contribution in [3.63, 3.8) is 0 Å². The summed E-state index contributed by atoms with van der Waals surface area (Å²) >= 11 is 0. The van der Waals surface area contributed by atoms with Crippen molar-refractivity contribution in [1.82, 2.24) is 5.32 Å². The Labute approximate surface area is 156 Å². The second-order valence-electron chi connectivity index (χ2n) is 7.82. The largest absolute Gasteiger partial charge is 0.480 e. The Balaban J connectivity index is 1.88. The van der Waals surface area contributed by atoms with Gasteiger partial charge in [0.2, 0.25) is 5.91 Å². The number of aliphatic carboxylic acids is 1. The van der Waals surface area contributed by atoms with Gasteiger partial charge >= 0.3 is 5.97 Å². The van der Waals surface area contributed by atoms with Crippen LogP contribution in [-0.4, -0.2) is 35.7 Å². The van der Waals surface area contributed by atoms with Crippen molar-refractivity contribution in [1.29, 1.82) is 0 Å². The fourth-order valence-electron chi connectivity index (χ4n) is 3.77. The number of rotatable bonds is 8. The summed E-state index contributed by atoms with van der Waals surface area (Å²) in [5, 5.41) is 12.0. The van der Waals surface area contributed by atoms with Crippen molar-refractivity contribution >= 4 is 11.9 Å². The summed E-state index contributed by atoms with van der Waals surface area (Å²) in [5.41, 5.74) is 0.877. The molecule has 4 atom stereocenters. The maximum Gasteiger partial charge on any atom is 0.326 e. The molecule has 144 valence electrons. The van der Waals surface area contributed by atoms with E-state index in [0.717, 1.165) is 18.4 Å². The summed E-state index contributed by atoms with van der Waals surface area (Å²) in [6.07, 6.45) is 3.62. The lowest BCUT2D eigenvalue weighted by molar-refractivity contribution is -0.143. The topological polar surface area (TPSA) is 75.6 Å². The van der Waals surface area contributed by atoms with E-state index in [1.165, 1.54) is 6.42 Å². The molecule has 0 saturated heterocycles. The molecule has 1 aromatic carbocycles. The van der Waals surface area contributed by atoms with Crippen LogP contribution in [0.5, 0.6) is 0 Å². The molecule has 1 aliphatic rings. The zero-order chi connectivity index (χ0) is 19.1. The molecule has 0 heterocycles. The fourth-order valence-corrected chi connectivity index (χ4v) is 3.77. The predicted octanol–water partition coefficient (Wildman–Crippen LogP) is 3.28. The van der Waals surface area contributed by atoms with Crippen LogP contribution in [0.25, 0.3) is 0 Å². The molecule has 2 rings (SSSR count). The first kappa shape index (κ1) is 20.4. The van der Waals surface area contributed by atoms with Gasteiger partial charge in [-0.25, -0.2) is 4.79 Å². The van der Waals surface area contributed by atoms with Crippen LogP contribution in [-0.2, 0) is 20.7 Å². The van der Waals surface area contributed by atoms with Crippen LogP contribution in [0, 0.1) is 17.8 Å². The average molecular weight is 361 g/mol. The van der Waals surface area contributed by atoms with E-state index in [1.807, 2.05) is 30.3 Å². The lowest BCUT2D eigenvalue weighted by atomic mass is 9.75. The highest BCUT2D eigenvalue weighted by atomic mass is 16.5. The number of ether oxygens (including phenoxy) is 1. The van der Waals surface area contributed by atoms with E-state index in [4.69, 9.17) is 4.74 Å². The van der Waals surface area contributed by atoms with Gasteiger partial charge in [0, 0.05) is 6.42 Å². The molecule has 0 unspecified atom stereocenters. The molecule has 0 radical (unpaired) electrons. The van der Waals surface area contributed by atoms with Crippen molar-refractivity contribution < 1.29 is 19.4 Å². The molecule has 5 nitrogen and oxygen atoms in total. The molecule has 26 heavy (non-hydrogen) atoms. The Kier molecular flexibility index (Phi) is 7.64. The molecule has 0 aliphatic heterocycles. The molecular weight excluding hydrogens is 330 g/mol. The van der Waals surface area contributed by atoms with E-state index in [2.05, 4.69) is 26.1 Å². The van der Waals surface area contributed by atoms with Crippen LogP contribution in [0.2, 0.25) is 0 Å². The SMILES string of the molecule is CC(C)[C@H]1CC[C@H](C)C[C@@H]1OCC(=O)N[C@@H](Cc1ccccc1)C(=O)O. The minimum absolute atomic E-state index is 0.0712. The summed E-state index contributed by atoms with van der Waals surface area (Å²) in [6, 6.07) is 8.36. The lowest BCUT2D eigenvalue weighted by Gasteiger charge is -2.37. The first-order chi connectivity index (χ1) is 12.4. The minimum atomic E-state index is -1.03. The standard InChI is InChI=1S/C21H31NO4/c1-14(2)17-10-9-15(3)11-19(17)26-13-20(23)22-18(21(24)25)12-16-7-5-4-6-8-16/h4-8,14-15,17-19H,9-13H2,1-3H3,(H,22,23)(H,24,25)/t15-,17+,18-,19-/m0/s1. The van der Waals surface area contributed by atoms with Gasteiger partial charge in [0.25, 0.3) is 0 Å². The van der Waals surface area contributed by atoms with Gasteiger partial charge in [0.05, 0.1) is 6.10 Å². The number of amides is 1. The summed E-state index contributed by atoms with van der Waals surface area (Å²) in [7, 11) is 0. The molecule has 5 heteroatoms. The second-order valence-corrected chi connectivity index (χ2v) is 7.82. The van der Waals surface area contributed by atoms with Crippen LogP contribution in [0.4, 0.5) is 0 Å². The summed E-state index contributed by atoms with van der Waals surface area (Å²) in [5.74, 6) is 0.171. The summed E-state index contributed by atoms with van der Waals surface area (Å²) in [6.45, 7) is 6.52. The number of carbonyl (C=O) groups is 2. The smallest absolute Gasteiger partial charge is 0.326 e. The average Bonchev–Trinajstić information content (AvgIpc) is 2.60. The number of carboxylic acids is 1. The third-order valence-corrected chi connectivity index (χ3v) is 5.31. The predicted molar refractivity (Wildman–Crippen MR) is 101 cm³/mol. The third-order valence-electron chi connectivity index (χ3n) is 5.31. The van der Waals surface area contributed by atoms with E-state index in [-0.39, 0.29) is 25.0 Å². The Morgan fingerprint density at radius 1 is 1.23 bits per heavy atom. The van der Waals surface area contributed by atoms with Gasteiger partial charge in [0.1, 0.15) is 12.6 Å². The number of hydrogen-bond acceptors (Lipinski definition) is 3. The van der Waals surface area contributed by atoms with Crippen molar-refractivity contribution in [3.8, 4) is 0 Å². The Hall–Kier alpha value is -1.88. The molecule has 0 aromatic heterocycles. The molecule has 0 bridgehead atoms. The monoisotopic (exact) mass is 361 g/mol. The highest BCUT2D eigenvalue weighted by Gasteiger charge is 2.32. The Morgan fingerprint density at radius 3 is 2.54 bits per heavy atom. The highest BCUT2D eigenvalue weighted by molar-refractivity contribution is 5.84. The first-order valence-electron chi connectivity index (χ1n) is 9.54. The molecule has 1 fully saturated rings. The summed E-state index contributed by atoms with van der Waals surface area (Å²) < 4.78 is 5.91. The van der Waals surface area contributed by atoms with E-state index in [1.54, 1.807) is 0 Å². The molecule has 1 saturated carbocycles. The maximum atomic E-state index is 12.2. The van der Waals surface area contributed by atoms with Crippen LogP contribution in [0.3, 0.4) is 0 Å². The summed E-state index contributed by atoms with van der Waals surface area (Å²) in [4.78, 5) is 23.7. The zero-order valence-electron chi connectivity index (χ0n) is 16.0. The van der Waals surface area contributed by atoms with Gasteiger partial charge < -0.3 is 15.2 Å². The van der Waals surface area contributed by atoms with Gasteiger partial charge in [-0.1, -0.05) is 57.5 Å². The van der Waals surface area contributed by atoms with Gasteiger partial charge in [-0.15, -0.1) is 0 Å². The van der Waals surface area contributed by atoms with E-state index >= 15 is 0 Å². The lowest BCUT2D eigenvalue weighted by Crippen LogP contribution is -2.45. The Morgan fingerprint density at radius 2 is 1.92 bits per heavy atom. The first-order valence-corrected chi connectivity index (χ1v) is 9.54. The molecular formula is C21H31NO4. The van der Waals surface area contributed by atoms with Crippen LogP contribution < -0.4 is 5.32 Å².